The first kappa shape index (κ1) is 14.1. The maximum absolute atomic E-state index is 12.1. The minimum Gasteiger partial charge on any atom is -0.399 e. The van der Waals surface area contributed by atoms with E-state index in [1.54, 1.807) is 19.3 Å². The van der Waals surface area contributed by atoms with E-state index in [-0.39, 0.29) is 5.78 Å². The Morgan fingerprint density at radius 3 is 2.45 bits per heavy atom. The van der Waals surface area contributed by atoms with Gasteiger partial charge in [-0.3, -0.25) is 9.78 Å². The van der Waals surface area contributed by atoms with Gasteiger partial charge in [0.2, 0.25) is 0 Å². The number of hydrogen-bond donors (Lipinski definition) is 2. The largest absolute Gasteiger partial charge is 0.399 e. The topological polar surface area (TPSA) is 71.8 Å². The number of anilines is 1. The highest BCUT2D eigenvalue weighted by Gasteiger charge is 2.19. The molecule has 0 radical (unpaired) electrons. The summed E-state index contributed by atoms with van der Waals surface area (Å²) < 4.78 is 0. The van der Waals surface area contributed by atoms with Crippen molar-refractivity contribution in [3.63, 3.8) is 0 Å². The summed E-state index contributed by atoms with van der Waals surface area (Å²) in [5, 5.41) is 0. The molecule has 0 aliphatic heterocycles. The number of carbonyl (C=O) groups excluding carboxylic acids is 1. The standard InChI is InChI=1S/C18H17N3O/c1-11-16(12(2)22)18(14-4-3-5-15(19)10-14)21-17(11)13-6-8-20-9-7-13/h3-10,21H,19H2,1-2H3. The predicted molar refractivity (Wildman–Crippen MR) is 88.6 cm³/mol. The van der Waals surface area contributed by atoms with Crippen molar-refractivity contribution < 1.29 is 4.79 Å². The Morgan fingerprint density at radius 1 is 1.09 bits per heavy atom. The fraction of sp³-hybridized carbons (Fsp3) is 0.111. The Hall–Kier alpha value is -2.88. The van der Waals surface area contributed by atoms with Gasteiger partial charge in [-0.25, -0.2) is 0 Å². The van der Waals surface area contributed by atoms with E-state index in [9.17, 15) is 4.79 Å². The summed E-state index contributed by atoms with van der Waals surface area (Å²) in [6, 6.07) is 11.4. The van der Waals surface area contributed by atoms with Crippen molar-refractivity contribution in [2.75, 3.05) is 5.73 Å². The number of hydrogen-bond acceptors (Lipinski definition) is 3. The van der Waals surface area contributed by atoms with E-state index in [1.807, 2.05) is 43.3 Å². The highest BCUT2D eigenvalue weighted by molar-refractivity contribution is 6.03. The monoisotopic (exact) mass is 291 g/mol. The second-order valence-electron chi connectivity index (χ2n) is 5.29. The van der Waals surface area contributed by atoms with Crippen LogP contribution < -0.4 is 5.73 Å². The first-order chi connectivity index (χ1) is 10.6. The number of rotatable bonds is 3. The van der Waals surface area contributed by atoms with Gasteiger partial charge >= 0.3 is 0 Å². The number of nitrogens with one attached hydrogen (secondary N) is 1. The Kier molecular flexibility index (Phi) is 3.51. The quantitative estimate of drug-likeness (QED) is 0.569. The van der Waals surface area contributed by atoms with Crippen molar-refractivity contribution in [2.24, 2.45) is 0 Å². The number of H-pyrrole nitrogens is 1. The summed E-state index contributed by atoms with van der Waals surface area (Å²) in [5.74, 6) is 0.0338. The van der Waals surface area contributed by atoms with Crippen molar-refractivity contribution in [3.8, 4) is 22.5 Å². The molecule has 0 aliphatic rings. The summed E-state index contributed by atoms with van der Waals surface area (Å²) in [4.78, 5) is 19.6. The highest BCUT2D eigenvalue weighted by Crippen LogP contribution is 2.34. The van der Waals surface area contributed by atoms with Crippen LogP contribution in [0.1, 0.15) is 22.8 Å². The molecular weight excluding hydrogens is 274 g/mol. The van der Waals surface area contributed by atoms with Crippen LogP contribution in [0.25, 0.3) is 22.5 Å². The van der Waals surface area contributed by atoms with Gasteiger partial charge in [-0.1, -0.05) is 12.1 Å². The third-order valence-electron chi connectivity index (χ3n) is 3.75. The molecule has 4 nitrogen and oxygen atoms in total. The maximum Gasteiger partial charge on any atom is 0.162 e. The van der Waals surface area contributed by atoms with E-state index in [4.69, 9.17) is 5.73 Å². The zero-order valence-electron chi connectivity index (χ0n) is 12.6. The SMILES string of the molecule is CC(=O)c1c(-c2cccc(N)c2)[nH]c(-c2ccncc2)c1C. The van der Waals surface area contributed by atoms with Crippen molar-refractivity contribution in [2.45, 2.75) is 13.8 Å². The predicted octanol–water partition coefficient (Wildman–Crippen LogP) is 3.84. The van der Waals surface area contributed by atoms with Crippen LogP contribution in [0.15, 0.2) is 48.8 Å². The van der Waals surface area contributed by atoms with Gasteiger partial charge in [-0.2, -0.15) is 0 Å². The van der Waals surface area contributed by atoms with Crippen LogP contribution in [0.2, 0.25) is 0 Å². The van der Waals surface area contributed by atoms with Gasteiger partial charge in [0, 0.05) is 40.5 Å². The number of nitrogen functional groups attached to an aromatic ring is 1. The number of pyridine rings is 1. The van der Waals surface area contributed by atoms with Crippen LogP contribution in [0.4, 0.5) is 5.69 Å². The lowest BCUT2D eigenvalue weighted by atomic mass is 10.0. The summed E-state index contributed by atoms with van der Waals surface area (Å²) in [5.41, 5.74) is 11.8. The number of nitrogens with zero attached hydrogens (tertiary/aromatic N) is 1. The molecule has 0 saturated carbocycles. The van der Waals surface area contributed by atoms with Gasteiger partial charge in [0.25, 0.3) is 0 Å². The Bertz CT molecular complexity index is 835. The van der Waals surface area contributed by atoms with E-state index in [0.717, 1.165) is 28.1 Å². The Morgan fingerprint density at radius 2 is 1.82 bits per heavy atom. The van der Waals surface area contributed by atoms with Gasteiger partial charge in [0.15, 0.2) is 5.78 Å². The fourth-order valence-corrected chi connectivity index (χ4v) is 2.75. The lowest BCUT2D eigenvalue weighted by Gasteiger charge is -2.03. The van der Waals surface area contributed by atoms with Crippen molar-refractivity contribution >= 4 is 11.5 Å². The summed E-state index contributed by atoms with van der Waals surface area (Å²) in [7, 11) is 0. The van der Waals surface area contributed by atoms with E-state index in [2.05, 4.69) is 9.97 Å². The molecular formula is C18H17N3O. The molecule has 4 heteroatoms. The minimum absolute atomic E-state index is 0.0338. The lowest BCUT2D eigenvalue weighted by molar-refractivity contribution is 0.101. The van der Waals surface area contributed by atoms with E-state index in [1.165, 1.54) is 0 Å². The summed E-state index contributed by atoms with van der Waals surface area (Å²) >= 11 is 0. The van der Waals surface area contributed by atoms with Crippen molar-refractivity contribution in [3.05, 3.63) is 59.9 Å². The average Bonchev–Trinajstić information content (AvgIpc) is 2.86. The molecule has 0 aliphatic carbocycles. The average molecular weight is 291 g/mol. The number of benzene rings is 1. The lowest BCUT2D eigenvalue weighted by Crippen LogP contribution is -1.96. The fourth-order valence-electron chi connectivity index (χ4n) is 2.75. The molecule has 0 spiro atoms. The van der Waals surface area contributed by atoms with Crippen molar-refractivity contribution in [1.29, 1.82) is 0 Å². The normalized spacial score (nSPS) is 10.6. The summed E-state index contributed by atoms with van der Waals surface area (Å²) in [6.07, 6.45) is 3.48. The minimum atomic E-state index is 0.0338. The van der Waals surface area contributed by atoms with Crippen LogP contribution in [0.3, 0.4) is 0 Å². The number of aromatic nitrogens is 2. The van der Waals surface area contributed by atoms with Crippen LogP contribution >= 0.6 is 0 Å². The molecule has 0 fully saturated rings. The van der Waals surface area contributed by atoms with Crippen molar-refractivity contribution in [1.82, 2.24) is 9.97 Å². The molecule has 2 heterocycles. The van der Waals surface area contributed by atoms with E-state index < -0.39 is 0 Å². The van der Waals surface area contributed by atoms with E-state index >= 15 is 0 Å². The zero-order chi connectivity index (χ0) is 15.7. The van der Waals surface area contributed by atoms with Gasteiger partial charge in [0.1, 0.15) is 0 Å². The smallest absolute Gasteiger partial charge is 0.162 e. The molecule has 1 aromatic carbocycles. The highest BCUT2D eigenvalue weighted by atomic mass is 16.1. The molecule has 2 aromatic heterocycles. The van der Waals surface area contributed by atoms with Crippen LogP contribution in [0.5, 0.6) is 0 Å². The van der Waals surface area contributed by atoms with Gasteiger partial charge in [-0.15, -0.1) is 0 Å². The third-order valence-corrected chi connectivity index (χ3v) is 3.75. The molecule has 22 heavy (non-hydrogen) atoms. The first-order valence-corrected chi connectivity index (χ1v) is 7.07. The van der Waals surface area contributed by atoms with Gasteiger partial charge in [-0.05, 0) is 43.7 Å². The number of ketones is 1. The molecule has 0 unspecified atom stereocenters. The maximum atomic E-state index is 12.1. The van der Waals surface area contributed by atoms with Crippen LogP contribution in [0, 0.1) is 6.92 Å². The molecule has 3 aromatic rings. The van der Waals surface area contributed by atoms with Crippen LogP contribution in [-0.2, 0) is 0 Å². The van der Waals surface area contributed by atoms with Crippen LogP contribution in [-0.4, -0.2) is 15.8 Å². The number of aromatic amines is 1. The number of carbonyl (C=O) groups is 1. The molecule has 0 bridgehead atoms. The number of nitrogens with two attached hydrogens (primary N) is 1. The molecule has 110 valence electrons. The van der Waals surface area contributed by atoms with Gasteiger partial charge in [0.05, 0.1) is 5.69 Å². The molecule has 0 amide bonds. The molecule has 3 N–H and O–H groups in total. The summed E-state index contributed by atoms with van der Waals surface area (Å²) in [6.45, 7) is 3.54. The number of Topliss-reactive ketones (excluding diaryl/α,β-unsaturated/α-hetero) is 1. The molecule has 3 rings (SSSR count). The molecule has 0 saturated heterocycles. The first-order valence-electron chi connectivity index (χ1n) is 7.07. The zero-order valence-corrected chi connectivity index (χ0v) is 12.6. The second kappa shape index (κ2) is 5.48. The molecule has 0 atom stereocenters. The van der Waals surface area contributed by atoms with Gasteiger partial charge < -0.3 is 10.7 Å². The third kappa shape index (κ3) is 2.39. The second-order valence-corrected chi connectivity index (χ2v) is 5.29. The Balaban J connectivity index is 2.25. The van der Waals surface area contributed by atoms with E-state index in [0.29, 0.717) is 11.3 Å². The Labute approximate surface area is 129 Å².